The summed E-state index contributed by atoms with van der Waals surface area (Å²) in [4.78, 5) is 22.1. The largest absolute Gasteiger partial charge is 0.475 e. The van der Waals surface area contributed by atoms with Crippen LogP contribution in [0.15, 0.2) is 21.6 Å². The molecule has 0 aliphatic rings. The van der Waals surface area contributed by atoms with E-state index in [4.69, 9.17) is 9.52 Å². The monoisotopic (exact) mass is 318 g/mol. The molecule has 1 aromatic rings. The van der Waals surface area contributed by atoms with Crippen molar-refractivity contribution in [3.63, 3.8) is 0 Å². The van der Waals surface area contributed by atoms with Gasteiger partial charge in [-0.15, -0.1) is 0 Å². The van der Waals surface area contributed by atoms with E-state index >= 15 is 0 Å². The van der Waals surface area contributed by atoms with Gasteiger partial charge in [0.1, 0.15) is 0 Å². The fourth-order valence-electron chi connectivity index (χ4n) is 1.43. The molecular formula is C12H18N2O6S. The molecule has 1 rings (SSSR count). The third-order valence-corrected chi connectivity index (χ3v) is 3.55. The smallest absolute Gasteiger partial charge is 0.371 e. The third kappa shape index (κ3) is 5.56. The highest BCUT2D eigenvalue weighted by atomic mass is 32.2. The van der Waals surface area contributed by atoms with Crippen molar-refractivity contribution in [2.75, 3.05) is 6.54 Å². The van der Waals surface area contributed by atoms with E-state index in [1.54, 1.807) is 0 Å². The van der Waals surface area contributed by atoms with Crippen LogP contribution in [0.5, 0.6) is 0 Å². The number of carbonyl (C=O) groups excluding carboxylic acids is 1. The van der Waals surface area contributed by atoms with Gasteiger partial charge in [-0.1, -0.05) is 0 Å². The molecule has 118 valence electrons. The Hall–Kier alpha value is -1.87. The zero-order valence-electron chi connectivity index (χ0n) is 12.0. The summed E-state index contributed by atoms with van der Waals surface area (Å²) in [6.45, 7) is 5.31. The average Bonchev–Trinajstić information content (AvgIpc) is 2.75. The van der Waals surface area contributed by atoms with Gasteiger partial charge in [-0.2, -0.15) is 0 Å². The average molecular weight is 318 g/mol. The lowest BCUT2D eigenvalue weighted by atomic mass is 10.1. The van der Waals surface area contributed by atoms with E-state index in [1.807, 2.05) is 20.8 Å². The molecule has 1 aromatic heterocycles. The van der Waals surface area contributed by atoms with Crippen LogP contribution in [0.4, 0.5) is 0 Å². The number of furan rings is 1. The lowest BCUT2D eigenvalue weighted by Crippen LogP contribution is -2.41. The summed E-state index contributed by atoms with van der Waals surface area (Å²) in [7, 11) is -3.97. The molecule has 1 heterocycles. The van der Waals surface area contributed by atoms with Crippen LogP contribution in [0.1, 0.15) is 37.7 Å². The molecule has 9 heteroatoms. The molecule has 0 saturated heterocycles. The molecule has 0 aliphatic heterocycles. The Labute approximate surface area is 122 Å². The van der Waals surface area contributed by atoms with Gasteiger partial charge < -0.3 is 14.8 Å². The highest BCUT2D eigenvalue weighted by molar-refractivity contribution is 7.89. The molecule has 1 amide bonds. The SMILES string of the molecule is CC(C)(C)NC(=O)CCNS(=O)(=O)c1ccc(C(=O)O)o1. The van der Waals surface area contributed by atoms with Crippen molar-refractivity contribution in [1.82, 2.24) is 10.0 Å². The molecule has 0 bridgehead atoms. The van der Waals surface area contributed by atoms with E-state index in [0.717, 1.165) is 12.1 Å². The normalized spacial score (nSPS) is 12.1. The molecule has 0 radical (unpaired) electrons. The first-order chi connectivity index (χ1) is 9.51. The first kappa shape index (κ1) is 17.2. The van der Waals surface area contributed by atoms with Crippen LogP contribution >= 0.6 is 0 Å². The summed E-state index contributed by atoms with van der Waals surface area (Å²) >= 11 is 0. The molecule has 21 heavy (non-hydrogen) atoms. The van der Waals surface area contributed by atoms with E-state index in [1.165, 1.54) is 0 Å². The minimum Gasteiger partial charge on any atom is -0.475 e. The minimum absolute atomic E-state index is 0.0387. The fraction of sp³-hybridized carbons (Fsp3) is 0.500. The number of carboxylic acid groups (broad SMARTS) is 1. The van der Waals surface area contributed by atoms with Gasteiger partial charge >= 0.3 is 5.97 Å². The van der Waals surface area contributed by atoms with Crippen LogP contribution in [-0.4, -0.2) is 37.5 Å². The van der Waals surface area contributed by atoms with Crippen LogP contribution < -0.4 is 10.0 Å². The summed E-state index contributed by atoms with van der Waals surface area (Å²) < 4.78 is 30.5. The van der Waals surface area contributed by atoms with Crippen molar-refractivity contribution in [2.24, 2.45) is 0 Å². The molecule has 0 unspecified atom stereocenters. The maximum absolute atomic E-state index is 11.8. The number of sulfonamides is 1. The number of carboxylic acids is 1. The van der Waals surface area contributed by atoms with Crippen molar-refractivity contribution in [3.05, 3.63) is 17.9 Å². The van der Waals surface area contributed by atoms with E-state index in [9.17, 15) is 18.0 Å². The van der Waals surface area contributed by atoms with E-state index < -0.39 is 32.4 Å². The van der Waals surface area contributed by atoms with Crippen molar-refractivity contribution in [2.45, 2.75) is 37.8 Å². The summed E-state index contributed by atoms with van der Waals surface area (Å²) in [6, 6.07) is 2.09. The number of aromatic carboxylic acids is 1. The summed E-state index contributed by atoms with van der Waals surface area (Å²) in [5.74, 6) is -2.13. The van der Waals surface area contributed by atoms with Gasteiger partial charge in [0, 0.05) is 18.5 Å². The number of amides is 1. The number of hydrogen-bond acceptors (Lipinski definition) is 5. The van der Waals surface area contributed by atoms with Crippen LogP contribution in [0.3, 0.4) is 0 Å². The summed E-state index contributed by atoms with van der Waals surface area (Å²) in [6.07, 6.45) is -0.0387. The highest BCUT2D eigenvalue weighted by Gasteiger charge is 2.21. The Kier molecular flexibility index (Phi) is 5.13. The maximum atomic E-state index is 11.8. The minimum atomic E-state index is -3.97. The third-order valence-electron chi connectivity index (χ3n) is 2.22. The first-order valence-corrected chi connectivity index (χ1v) is 7.63. The van der Waals surface area contributed by atoms with Gasteiger partial charge in [-0.3, -0.25) is 4.79 Å². The Bertz CT molecular complexity index is 626. The molecule has 0 aromatic carbocycles. The number of hydrogen-bond donors (Lipinski definition) is 3. The van der Waals surface area contributed by atoms with Crippen LogP contribution in [-0.2, 0) is 14.8 Å². The number of nitrogens with one attached hydrogen (secondary N) is 2. The molecular weight excluding hydrogens is 300 g/mol. The predicted octanol–water partition coefficient (Wildman–Crippen LogP) is 0.561. The second-order valence-corrected chi connectivity index (χ2v) is 7.07. The molecule has 0 fully saturated rings. The summed E-state index contributed by atoms with van der Waals surface area (Å²) in [5.41, 5.74) is -0.395. The van der Waals surface area contributed by atoms with Crippen molar-refractivity contribution < 1.29 is 27.5 Å². The van der Waals surface area contributed by atoms with Gasteiger partial charge in [0.25, 0.3) is 10.0 Å². The Morgan fingerprint density at radius 1 is 1.29 bits per heavy atom. The topological polar surface area (TPSA) is 126 Å². The van der Waals surface area contributed by atoms with Gasteiger partial charge in [-0.25, -0.2) is 17.9 Å². The van der Waals surface area contributed by atoms with E-state index in [-0.39, 0.29) is 18.9 Å². The Morgan fingerprint density at radius 2 is 1.90 bits per heavy atom. The first-order valence-electron chi connectivity index (χ1n) is 6.15. The predicted molar refractivity (Wildman–Crippen MR) is 73.4 cm³/mol. The molecule has 0 saturated carbocycles. The van der Waals surface area contributed by atoms with Gasteiger partial charge in [0.05, 0.1) is 0 Å². The maximum Gasteiger partial charge on any atom is 0.371 e. The highest BCUT2D eigenvalue weighted by Crippen LogP contribution is 2.13. The Balaban J connectivity index is 2.57. The Morgan fingerprint density at radius 3 is 2.38 bits per heavy atom. The van der Waals surface area contributed by atoms with E-state index in [2.05, 4.69) is 10.0 Å². The lowest BCUT2D eigenvalue weighted by Gasteiger charge is -2.20. The second kappa shape index (κ2) is 6.27. The molecule has 3 N–H and O–H groups in total. The van der Waals surface area contributed by atoms with Gasteiger partial charge in [0.15, 0.2) is 0 Å². The summed E-state index contributed by atoms with van der Waals surface area (Å²) in [5, 5.41) is 10.8. The van der Waals surface area contributed by atoms with Gasteiger partial charge in [0.2, 0.25) is 16.8 Å². The molecule has 0 spiro atoms. The fourth-order valence-corrected chi connectivity index (χ4v) is 2.39. The number of rotatable bonds is 6. The van der Waals surface area contributed by atoms with E-state index in [0.29, 0.717) is 0 Å². The van der Waals surface area contributed by atoms with Gasteiger partial charge in [-0.05, 0) is 32.9 Å². The van der Waals surface area contributed by atoms with Crippen molar-refractivity contribution in [3.8, 4) is 0 Å². The molecule has 8 nitrogen and oxygen atoms in total. The lowest BCUT2D eigenvalue weighted by molar-refractivity contribution is -0.122. The quantitative estimate of drug-likeness (QED) is 0.703. The van der Waals surface area contributed by atoms with Crippen LogP contribution in [0.25, 0.3) is 0 Å². The standard InChI is InChI=1S/C12H18N2O6S/c1-12(2,3)14-9(15)6-7-13-21(18,19)10-5-4-8(20-10)11(16)17/h4-5,13H,6-7H2,1-3H3,(H,14,15)(H,16,17). The van der Waals surface area contributed by atoms with Crippen LogP contribution in [0.2, 0.25) is 0 Å². The van der Waals surface area contributed by atoms with Crippen molar-refractivity contribution in [1.29, 1.82) is 0 Å². The zero-order chi connectivity index (χ0) is 16.3. The molecule has 0 atom stereocenters. The zero-order valence-corrected chi connectivity index (χ0v) is 12.8. The van der Waals surface area contributed by atoms with Crippen LogP contribution in [0, 0.1) is 0 Å². The number of carbonyl (C=O) groups is 2. The van der Waals surface area contributed by atoms with Crippen molar-refractivity contribution >= 4 is 21.9 Å². The second-order valence-electron chi connectivity index (χ2n) is 5.37. The molecule has 0 aliphatic carbocycles.